The molecular formula is C14H21N3O2. The molecule has 104 valence electrons. The minimum Gasteiger partial charge on any atom is -0.339 e. The van der Waals surface area contributed by atoms with Gasteiger partial charge in [-0.3, -0.25) is 9.59 Å². The van der Waals surface area contributed by atoms with Gasteiger partial charge in [0.15, 0.2) is 0 Å². The van der Waals surface area contributed by atoms with Crippen LogP contribution < -0.4 is 0 Å². The number of amides is 2. The second kappa shape index (κ2) is 4.84. The molecule has 0 radical (unpaired) electrons. The van der Waals surface area contributed by atoms with Crippen molar-refractivity contribution >= 4 is 11.8 Å². The number of likely N-dealkylation sites (tertiary alicyclic amines) is 1. The predicted octanol–water partition coefficient (Wildman–Crippen LogP) is 1.15. The van der Waals surface area contributed by atoms with Crippen molar-refractivity contribution in [2.24, 2.45) is 5.92 Å². The zero-order valence-corrected chi connectivity index (χ0v) is 11.8. The summed E-state index contributed by atoms with van der Waals surface area (Å²) in [6.45, 7) is 4.40. The van der Waals surface area contributed by atoms with E-state index < -0.39 is 5.54 Å². The van der Waals surface area contributed by atoms with Crippen molar-refractivity contribution in [2.45, 2.75) is 51.1 Å². The Balaban J connectivity index is 2.06. The second-order valence-corrected chi connectivity index (χ2v) is 5.94. The third-order valence-corrected chi connectivity index (χ3v) is 4.49. The van der Waals surface area contributed by atoms with Crippen molar-refractivity contribution in [3.05, 3.63) is 0 Å². The van der Waals surface area contributed by atoms with Gasteiger partial charge in [0.05, 0.1) is 12.0 Å². The number of nitriles is 1. The van der Waals surface area contributed by atoms with Gasteiger partial charge in [-0.05, 0) is 33.1 Å². The molecule has 1 aliphatic carbocycles. The lowest BCUT2D eigenvalue weighted by Crippen LogP contribution is -2.55. The van der Waals surface area contributed by atoms with Crippen molar-refractivity contribution in [1.29, 1.82) is 5.26 Å². The van der Waals surface area contributed by atoms with Gasteiger partial charge in [0.1, 0.15) is 5.54 Å². The molecule has 0 bridgehead atoms. The average molecular weight is 263 g/mol. The van der Waals surface area contributed by atoms with E-state index in [1.807, 2.05) is 13.8 Å². The van der Waals surface area contributed by atoms with Gasteiger partial charge >= 0.3 is 0 Å². The minimum atomic E-state index is -0.620. The first-order valence-electron chi connectivity index (χ1n) is 6.89. The van der Waals surface area contributed by atoms with E-state index in [9.17, 15) is 14.9 Å². The van der Waals surface area contributed by atoms with Crippen LogP contribution in [-0.2, 0) is 9.59 Å². The Kier molecular flexibility index (Phi) is 3.53. The van der Waals surface area contributed by atoms with Crippen LogP contribution in [0.1, 0.15) is 39.5 Å². The molecule has 5 heteroatoms. The monoisotopic (exact) mass is 263 g/mol. The summed E-state index contributed by atoms with van der Waals surface area (Å²) in [6, 6.07) is 2.40. The van der Waals surface area contributed by atoms with E-state index in [0.717, 1.165) is 19.3 Å². The molecule has 0 N–H and O–H groups in total. The Labute approximate surface area is 114 Å². The maximum atomic E-state index is 12.5. The zero-order valence-electron chi connectivity index (χ0n) is 11.8. The number of carbonyl (C=O) groups is 2. The highest BCUT2D eigenvalue weighted by molar-refractivity contribution is 5.89. The zero-order chi connectivity index (χ0) is 14.2. The number of nitrogens with zero attached hydrogens (tertiary/aromatic N) is 3. The summed E-state index contributed by atoms with van der Waals surface area (Å²) >= 11 is 0. The standard InChI is InChI=1S/C14H21N3O2/c1-10(2)17-8-11(7-12(17)18)13(19)16(3)14(9-15)5-4-6-14/h10-11H,4-8H2,1-3H3. The van der Waals surface area contributed by atoms with Gasteiger partial charge in [-0.2, -0.15) is 5.26 Å². The molecular weight excluding hydrogens is 242 g/mol. The van der Waals surface area contributed by atoms with E-state index in [4.69, 9.17) is 0 Å². The Hall–Kier alpha value is -1.57. The molecule has 2 fully saturated rings. The van der Waals surface area contributed by atoms with Crippen LogP contribution >= 0.6 is 0 Å². The first-order chi connectivity index (χ1) is 8.91. The molecule has 1 aliphatic heterocycles. The van der Waals surface area contributed by atoms with Crippen molar-refractivity contribution < 1.29 is 9.59 Å². The maximum Gasteiger partial charge on any atom is 0.229 e. The molecule has 2 rings (SSSR count). The molecule has 0 spiro atoms. The molecule has 19 heavy (non-hydrogen) atoms. The summed E-state index contributed by atoms with van der Waals surface area (Å²) in [5, 5.41) is 9.27. The third kappa shape index (κ3) is 2.20. The Morgan fingerprint density at radius 1 is 1.53 bits per heavy atom. The van der Waals surface area contributed by atoms with E-state index in [0.29, 0.717) is 6.54 Å². The summed E-state index contributed by atoms with van der Waals surface area (Å²) in [5.41, 5.74) is -0.620. The lowest BCUT2D eigenvalue weighted by Gasteiger charge is -2.43. The fourth-order valence-corrected chi connectivity index (χ4v) is 2.91. The summed E-state index contributed by atoms with van der Waals surface area (Å²) in [4.78, 5) is 27.6. The highest BCUT2D eigenvalue weighted by Crippen LogP contribution is 2.37. The SMILES string of the molecule is CC(C)N1CC(C(=O)N(C)C2(C#N)CCC2)CC1=O. The summed E-state index contributed by atoms with van der Waals surface area (Å²) in [7, 11) is 1.70. The molecule has 1 atom stereocenters. The minimum absolute atomic E-state index is 0.0429. The molecule has 0 aromatic carbocycles. The van der Waals surface area contributed by atoms with Crippen LogP contribution in [0.5, 0.6) is 0 Å². The lowest BCUT2D eigenvalue weighted by atomic mass is 9.76. The summed E-state index contributed by atoms with van der Waals surface area (Å²) in [5.74, 6) is -0.301. The van der Waals surface area contributed by atoms with Gasteiger partial charge in [-0.25, -0.2) is 0 Å². The number of hydrogen-bond acceptors (Lipinski definition) is 3. The molecule has 1 unspecified atom stereocenters. The molecule has 2 amide bonds. The van der Waals surface area contributed by atoms with Crippen molar-refractivity contribution in [3.8, 4) is 6.07 Å². The molecule has 1 heterocycles. The van der Waals surface area contributed by atoms with E-state index in [1.54, 1.807) is 16.8 Å². The number of carbonyl (C=O) groups excluding carboxylic acids is 2. The van der Waals surface area contributed by atoms with Crippen molar-refractivity contribution in [2.75, 3.05) is 13.6 Å². The van der Waals surface area contributed by atoms with E-state index >= 15 is 0 Å². The fourth-order valence-electron chi connectivity index (χ4n) is 2.91. The van der Waals surface area contributed by atoms with Gasteiger partial charge in [0, 0.05) is 26.1 Å². The summed E-state index contributed by atoms with van der Waals surface area (Å²) < 4.78 is 0. The lowest BCUT2D eigenvalue weighted by molar-refractivity contribution is -0.140. The Morgan fingerprint density at radius 2 is 2.16 bits per heavy atom. The Morgan fingerprint density at radius 3 is 2.53 bits per heavy atom. The first-order valence-corrected chi connectivity index (χ1v) is 6.89. The first kappa shape index (κ1) is 13.9. The van der Waals surface area contributed by atoms with Crippen molar-refractivity contribution in [3.63, 3.8) is 0 Å². The van der Waals surface area contributed by atoms with E-state index in [-0.39, 0.29) is 30.2 Å². The van der Waals surface area contributed by atoms with Gasteiger partial charge in [-0.1, -0.05) is 0 Å². The average Bonchev–Trinajstić information content (AvgIpc) is 2.69. The highest BCUT2D eigenvalue weighted by Gasteiger charge is 2.46. The number of rotatable bonds is 3. The van der Waals surface area contributed by atoms with Crippen LogP contribution in [-0.4, -0.2) is 46.8 Å². The van der Waals surface area contributed by atoms with Gasteiger partial charge < -0.3 is 9.80 Å². The van der Waals surface area contributed by atoms with E-state index in [2.05, 4.69) is 6.07 Å². The van der Waals surface area contributed by atoms with Gasteiger partial charge in [-0.15, -0.1) is 0 Å². The van der Waals surface area contributed by atoms with E-state index in [1.165, 1.54) is 0 Å². The molecule has 0 aromatic heterocycles. The Bertz CT molecular complexity index is 434. The largest absolute Gasteiger partial charge is 0.339 e. The van der Waals surface area contributed by atoms with Crippen molar-refractivity contribution in [1.82, 2.24) is 9.80 Å². The molecule has 5 nitrogen and oxygen atoms in total. The predicted molar refractivity (Wildman–Crippen MR) is 69.9 cm³/mol. The topological polar surface area (TPSA) is 64.4 Å². The highest BCUT2D eigenvalue weighted by atomic mass is 16.2. The van der Waals surface area contributed by atoms with Gasteiger partial charge in [0.2, 0.25) is 11.8 Å². The molecule has 0 aromatic rings. The van der Waals surface area contributed by atoms with Crippen LogP contribution in [0.4, 0.5) is 0 Å². The number of hydrogen-bond donors (Lipinski definition) is 0. The smallest absolute Gasteiger partial charge is 0.229 e. The molecule has 1 saturated carbocycles. The van der Waals surface area contributed by atoms with Crippen LogP contribution in [0.2, 0.25) is 0 Å². The molecule has 1 saturated heterocycles. The van der Waals surface area contributed by atoms with Crippen LogP contribution in [0.25, 0.3) is 0 Å². The third-order valence-electron chi connectivity index (χ3n) is 4.49. The maximum absolute atomic E-state index is 12.5. The van der Waals surface area contributed by atoms with Crippen LogP contribution in [0, 0.1) is 17.2 Å². The van der Waals surface area contributed by atoms with Crippen LogP contribution in [0.3, 0.4) is 0 Å². The summed E-state index contributed by atoms with van der Waals surface area (Å²) in [6.07, 6.45) is 2.77. The van der Waals surface area contributed by atoms with Gasteiger partial charge in [0.25, 0.3) is 0 Å². The molecule has 2 aliphatic rings. The fraction of sp³-hybridized carbons (Fsp3) is 0.786. The second-order valence-electron chi connectivity index (χ2n) is 5.94. The van der Waals surface area contributed by atoms with Crippen LogP contribution in [0.15, 0.2) is 0 Å². The normalized spacial score (nSPS) is 25.1. The quantitative estimate of drug-likeness (QED) is 0.767.